The normalized spacial score (nSPS) is 10.4. The number of carbonyl (C=O) groups is 1. The van der Waals surface area contributed by atoms with Crippen LogP contribution in [0.15, 0.2) is 18.2 Å². The molecule has 0 unspecified atom stereocenters. The number of benzene rings is 1. The van der Waals surface area contributed by atoms with Gasteiger partial charge in [-0.3, -0.25) is 4.79 Å². The molecule has 3 nitrogen and oxygen atoms in total. The van der Waals surface area contributed by atoms with Crippen LogP contribution in [0.25, 0.3) is 0 Å². The molecule has 0 aliphatic carbocycles. The smallest absolute Gasteiger partial charge is 0.387 e. The molecule has 0 aromatic heterocycles. The van der Waals surface area contributed by atoms with Gasteiger partial charge in [0.05, 0.1) is 12.4 Å². The summed E-state index contributed by atoms with van der Waals surface area (Å²) < 4.78 is 33.4. The van der Waals surface area contributed by atoms with Gasteiger partial charge in [-0.25, -0.2) is 0 Å². The van der Waals surface area contributed by atoms with Crippen molar-refractivity contribution < 1.29 is 23.0 Å². The Morgan fingerprint density at radius 1 is 1.35 bits per heavy atom. The lowest BCUT2D eigenvalue weighted by atomic mass is 10.1. The van der Waals surface area contributed by atoms with Gasteiger partial charge in [0.15, 0.2) is 0 Å². The highest BCUT2D eigenvalue weighted by atomic mass is 79.9. The molecular weight excluding hydrogens is 298 g/mol. The SMILES string of the molecule is COc1cc(CC(=O)CBr)cc(OC(F)F)c1. The van der Waals surface area contributed by atoms with E-state index in [0.29, 0.717) is 11.3 Å². The molecule has 1 rings (SSSR count). The summed E-state index contributed by atoms with van der Waals surface area (Å²) in [5.41, 5.74) is 0.574. The van der Waals surface area contributed by atoms with Gasteiger partial charge in [0, 0.05) is 12.5 Å². The third-order valence-electron chi connectivity index (χ3n) is 1.95. The van der Waals surface area contributed by atoms with Crippen LogP contribution >= 0.6 is 15.9 Å². The Bertz CT molecular complexity index is 396. The number of ketones is 1. The minimum absolute atomic E-state index is 0.0169. The third-order valence-corrected chi connectivity index (χ3v) is 2.58. The van der Waals surface area contributed by atoms with Crippen LogP contribution < -0.4 is 9.47 Å². The molecule has 0 saturated carbocycles. The standard InChI is InChI=1S/C11H11BrF2O3/c1-16-9-3-7(2-8(15)6-12)4-10(5-9)17-11(13)14/h3-5,11H,2,6H2,1H3. The van der Waals surface area contributed by atoms with Crippen LogP contribution in [0.3, 0.4) is 0 Å². The van der Waals surface area contributed by atoms with Crippen molar-refractivity contribution in [1.82, 2.24) is 0 Å². The Kier molecular flexibility index (Phi) is 5.34. The van der Waals surface area contributed by atoms with E-state index in [2.05, 4.69) is 20.7 Å². The van der Waals surface area contributed by atoms with Gasteiger partial charge in [0.25, 0.3) is 0 Å². The Labute approximate surface area is 106 Å². The number of ether oxygens (including phenoxy) is 2. The van der Waals surface area contributed by atoms with Crippen LogP contribution in [-0.4, -0.2) is 24.8 Å². The van der Waals surface area contributed by atoms with Crippen molar-refractivity contribution in [2.75, 3.05) is 12.4 Å². The molecule has 1 aromatic rings. The molecule has 0 spiro atoms. The number of Topliss-reactive ketones (excluding diaryl/α,β-unsaturated/α-hetero) is 1. The van der Waals surface area contributed by atoms with Gasteiger partial charge in [-0.05, 0) is 17.7 Å². The second-order valence-corrected chi connectivity index (χ2v) is 3.81. The van der Waals surface area contributed by atoms with Crippen molar-refractivity contribution >= 4 is 21.7 Å². The Balaban J connectivity index is 2.92. The third kappa shape index (κ3) is 4.68. The summed E-state index contributed by atoms with van der Waals surface area (Å²) in [6, 6.07) is 4.35. The molecule has 0 fully saturated rings. The lowest BCUT2D eigenvalue weighted by Gasteiger charge is -2.09. The highest BCUT2D eigenvalue weighted by molar-refractivity contribution is 9.09. The Morgan fingerprint density at radius 2 is 2.00 bits per heavy atom. The fourth-order valence-corrected chi connectivity index (χ4v) is 1.49. The fraction of sp³-hybridized carbons (Fsp3) is 0.364. The summed E-state index contributed by atoms with van der Waals surface area (Å²) in [5, 5.41) is 0.218. The van der Waals surface area contributed by atoms with E-state index in [0.717, 1.165) is 0 Å². The largest absolute Gasteiger partial charge is 0.497 e. The molecule has 0 atom stereocenters. The number of rotatable bonds is 6. The Morgan fingerprint density at radius 3 is 2.53 bits per heavy atom. The summed E-state index contributed by atoms with van der Waals surface area (Å²) >= 11 is 3.03. The number of hydrogen-bond acceptors (Lipinski definition) is 3. The van der Waals surface area contributed by atoms with Crippen molar-refractivity contribution in [3.8, 4) is 11.5 Å². The Hall–Kier alpha value is -1.17. The van der Waals surface area contributed by atoms with Gasteiger partial charge in [-0.2, -0.15) is 8.78 Å². The molecule has 0 aliphatic rings. The van der Waals surface area contributed by atoms with E-state index in [1.54, 1.807) is 6.07 Å². The zero-order valence-corrected chi connectivity index (χ0v) is 10.7. The number of hydrogen-bond donors (Lipinski definition) is 0. The van der Waals surface area contributed by atoms with Crippen molar-refractivity contribution in [1.29, 1.82) is 0 Å². The number of halogens is 3. The average Bonchev–Trinajstić information content (AvgIpc) is 2.27. The molecule has 1 aromatic carbocycles. The van der Waals surface area contributed by atoms with Crippen LogP contribution in [0.4, 0.5) is 8.78 Å². The van der Waals surface area contributed by atoms with Crippen molar-refractivity contribution in [2.45, 2.75) is 13.0 Å². The van der Waals surface area contributed by atoms with Gasteiger partial charge >= 0.3 is 6.61 Å². The van der Waals surface area contributed by atoms with E-state index in [1.165, 1.54) is 19.2 Å². The van der Waals surface area contributed by atoms with E-state index in [9.17, 15) is 13.6 Å². The van der Waals surface area contributed by atoms with E-state index >= 15 is 0 Å². The molecular formula is C11H11BrF2O3. The van der Waals surface area contributed by atoms with Gasteiger partial charge < -0.3 is 9.47 Å². The number of methoxy groups -OCH3 is 1. The highest BCUT2D eigenvalue weighted by Gasteiger charge is 2.09. The first-order chi connectivity index (χ1) is 8.05. The summed E-state index contributed by atoms with van der Waals surface area (Å²) in [5.74, 6) is 0.304. The highest BCUT2D eigenvalue weighted by Crippen LogP contribution is 2.24. The van der Waals surface area contributed by atoms with E-state index < -0.39 is 6.61 Å². The molecule has 0 radical (unpaired) electrons. The van der Waals surface area contributed by atoms with Crippen LogP contribution in [0.5, 0.6) is 11.5 Å². The summed E-state index contributed by atoms with van der Waals surface area (Å²) in [4.78, 5) is 11.2. The lowest BCUT2D eigenvalue weighted by molar-refractivity contribution is -0.115. The fourth-order valence-electron chi connectivity index (χ4n) is 1.30. The topological polar surface area (TPSA) is 35.5 Å². The molecule has 17 heavy (non-hydrogen) atoms. The van der Waals surface area contributed by atoms with Crippen LogP contribution in [0.2, 0.25) is 0 Å². The summed E-state index contributed by atoms with van der Waals surface area (Å²) in [6.45, 7) is -2.90. The van der Waals surface area contributed by atoms with Crippen molar-refractivity contribution in [3.05, 3.63) is 23.8 Å². The van der Waals surface area contributed by atoms with Crippen molar-refractivity contribution in [3.63, 3.8) is 0 Å². The molecule has 0 aliphatic heterocycles. The molecule has 0 N–H and O–H groups in total. The number of alkyl halides is 3. The summed E-state index contributed by atoms with van der Waals surface area (Å²) in [6.07, 6.45) is 0.141. The molecule has 0 bridgehead atoms. The second-order valence-electron chi connectivity index (χ2n) is 3.24. The number of carbonyl (C=O) groups excluding carboxylic acids is 1. The van der Waals surface area contributed by atoms with Gasteiger partial charge in [-0.15, -0.1) is 0 Å². The van der Waals surface area contributed by atoms with Gasteiger partial charge in [-0.1, -0.05) is 15.9 Å². The molecule has 6 heteroatoms. The van der Waals surface area contributed by atoms with Crippen LogP contribution in [0, 0.1) is 0 Å². The van der Waals surface area contributed by atoms with E-state index in [-0.39, 0.29) is 23.3 Å². The van der Waals surface area contributed by atoms with Crippen LogP contribution in [-0.2, 0) is 11.2 Å². The molecule has 94 valence electrons. The maximum absolute atomic E-state index is 12.1. The lowest BCUT2D eigenvalue weighted by Crippen LogP contribution is -2.06. The quantitative estimate of drug-likeness (QED) is 0.758. The van der Waals surface area contributed by atoms with Crippen molar-refractivity contribution in [2.24, 2.45) is 0 Å². The van der Waals surface area contributed by atoms with Gasteiger partial charge in [0.1, 0.15) is 17.3 Å². The monoisotopic (exact) mass is 308 g/mol. The first-order valence-corrected chi connectivity index (χ1v) is 5.87. The van der Waals surface area contributed by atoms with Crippen LogP contribution in [0.1, 0.15) is 5.56 Å². The van der Waals surface area contributed by atoms with E-state index in [1.807, 2.05) is 0 Å². The molecule has 0 heterocycles. The van der Waals surface area contributed by atoms with Gasteiger partial charge in [0.2, 0.25) is 0 Å². The second kappa shape index (κ2) is 6.54. The zero-order chi connectivity index (χ0) is 12.8. The molecule has 0 amide bonds. The molecule has 0 saturated heterocycles. The van der Waals surface area contributed by atoms with E-state index in [4.69, 9.17) is 4.74 Å². The predicted octanol–water partition coefficient (Wildman–Crippen LogP) is 2.80. The minimum Gasteiger partial charge on any atom is -0.497 e. The average molecular weight is 309 g/mol. The maximum atomic E-state index is 12.1. The maximum Gasteiger partial charge on any atom is 0.387 e. The summed E-state index contributed by atoms with van der Waals surface area (Å²) in [7, 11) is 1.41. The first-order valence-electron chi connectivity index (χ1n) is 4.75. The zero-order valence-electron chi connectivity index (χ0n) is 9.08. The predicted molar refractivity (Wildman–Crippen MR) is 62.1 cm³/mol. The first kappa shape index (κ1) is 13.9. The minimum atomic E-state index is -2.90.